The van der Waals surface area contributed by atoms with Crippen molar-refractivity contribution in [2.24, 2.45) is 0 Å². The Kier molecular flexibility index (Phi) is 19.3. The third kappa shape index (κ3) is 16.5. The fourth-order valence-electron chi connectivity index (χ4n) is 7.07. The first kappa shape index (κ1) is 47.9. The zero-order chi connectivity index (χ0) is 43.6. The van der Waals surface area contributed by atoms with Crippen LogP contribution in [0.4, 0.5) is 13.2 Å². The van der Waals surface area contributed by atoms with Crippen molar-refractivity contribution in [3.63, 3.8) is 0 Å². The summed E-state index contributed by atoms with van der Waals surface area (Å²) >= 11 is 3.08. The van der Waals surface area contributed by atoms with Gasteiger partial charge in [0.1, 0.15) is 17.6 Å². The van der Waals surface area contributed by atoms with E-state index in [2.05, 4.69) is 19.6 Å². The Labute approximate surface area is 369 Å². The highest BCUT2D eigenvalue weighted by molar-refractivity contribution is 7.97. The molecule has 3 aromatic rings. The summed E-state index contributed by atoms with van der Waals surface area (Å²) in [7, 11) is 0. The zero-order valence-corrected chi connectivity index (χ0v) is 36.4. The molecule has 7 rings (SSSR count). The molecule has 4 heterocycles. The van der Waals surface area contributed by atoms with Crippen LogP contribution in [-0.2, 0) is 23.9 Å². The molecule has 0 aliphatic carbocycles. The van der Waals surface area contributed by atoms with Gasteiger partial charge in [0, 0.05) is 75.1 Å². The van der Waals surface area contributed by atoms with E-state index in [1.807, 2.05) is 36.4 Å². The third-order valence-electron chi connectivity index (χ3n) is 10.5. The van der Waals surface area contributed by atoms with Gasteiger partial charge in [0.15, 0.2) is 12.6 Å². The molecular formula is C44H57F3N4O9S2. The van der Waals surface area contributed by atoms with Crippen molar-refractivity contribution in [2.45, 2.75) is 118 Å². The molecule has 340 valence electrons. The van der Waals surface area contributed by atoms with Crippen LogP contribution in [0.15, 0.2) is 82.6 Å². The quantitative estimate of drug-likeness (QED) is 0.0717. The first-order valence-corrected chi connectivity index (χ1v) is 23.0. The normalized spacial score (nSPS) is 20.8. The molecule has 3 N–H and O–H groups in total. The Morgan fingerprint density at radius 2 is 1.16 bits per heavy atom. The van der Waals surface area contributed by atoms with Gasteiger partial charge in [-0.1, -0.05) is 24.3 Å². The molecule has 13 nitrogen and oxygen atoms in total. The number of hydroxylamine groups is 2. The molecule has 3 aromatic carbocycles. The van der Waals surface area contributed by atoms with E-state index in [-0.39, 0.29) is 49.1 Å². The van der Waals surface area contributed by atoms with E-state index in [0.29, 0.717) is 24.3 Å². The summed E-state index contributed by atoms with van der Waals surface area (Å²) in [6, 6.07) is 21.7. The number of phenolic OH excluding ortho intramolecular Hbond substituents is 1. The van der Waals surface area contributed by atoms with Crippen molar-refractivity contribution < 1.29 is 56.5 Å². The Balaban J connectivity index is 0.000000207. The van der Waals surface area contributed by atoms with Gasteiger partial charge in [0.25, 0.3) is 11.8 Å². The first-order valence-electron chi connectivity index (χ1n) is 21.4. The number of piperidine rings is 2. The van der Waals surface area contributed by atoms with Gasteiger partial charge in [-0.2, -0.15) is 13.2 Å². The highest BCUT2D eigenvalue weighted by Crippen LogP contribution is 2.32. The summed E-state index contributed by atoms with van der Waals surface area (Å²) in [5, 5.41) is 9.39. The number of nitrogens with one attached hydrogen (secondary N) is 2. The first-order chi connectivity index (χ1) is 30.1. The monoisotopic (exact) mass is 906 g/mol. The summed E-state index contributed by atoms with van der Waals surface area (Å²) in [6.07, 6.45) is 3.31. The summed E-state index contributed by atoms with van der Waals surface area (Å²) in [5.41, 5.74) is 6.16. The van der Waals surface area contributed by atoms with Crippen LogP contribution in [0.2, 0.25) is 0 Å². The topological polar surface area (TPSA) is 140 Å². The van der Waals surface area contributed by atoms with Crippen molar-refractivity contribution in [3.8, 4) is 11.5 Å². The lowest BCUT2D eigenvalue weighted by Crippen LogP contribution is -2.35. The highest BCUT2D eigenvalue weighted by atomic mass is 32.2. The van der Waals surface area contributed by atoms with E-state index in [9.17, 15) is 27.9 Å². The van der Waals surface area contributed by atoms with Crippen molar-refractivity contribution in [1.29, 1.82) is 0 Å². The second kappa shape index (κ2) is 25.0. The number of alkyl halides is 3. The minimum atomic E-state index is -4.13. The molecule has 4 saturated heterocycles. The standard InChI is InChI=1S/C23H28N2O5S.C21H29F3N2O4S/c26-17-8-10-18(11-9-17)29-19-12-14-25(15-13-19)31-21-6-2-1-5-20(21)23(27)24-30-22-7-3-4-16-28-22;22-21(23,24)11-5-15-28-16-9-12-26(13-10-16)31-18-7-2-1-6-17(18)20(27)25-30-19-8-3-4-14-29-19/h1-2,5-6,8-11,19,22,26H,3-4,7,12-16H2,(H,24,27);1-2,6-7,16,19H,3-5,8-15H2,(H,25,27). The zero-order valence-electron chi connectivity index (χ0n) is 34.7. The Morgan fingerprint density at radius 1 is 0.677 bits per heavy atom. The summed E-state index contributed by atoms with van der Waals surface area (Å²) in [5.74, 6) is 0.425. The van der Waals surface area contributed by atoms with Crippen LogP contribution >= 0.6 is 23.9 Å². The lowest BCUT2D eigenvalue weighted by atomic mass is 10.1. The molecule has 0 radical (unpaired) electrons. The van der Waals surface area contributed by atoms with Crippen molar-refractivity contribution in [1.82, 2.24) is 19.6 Å². The van der Waals surface area contributed by atoms with Crippen LogP contribution in [0.5, 0.6) is 11.5 Å². The van der Waals surface area contributed by atoms with Crippen LogP contribution in [0.3, 0.4) is 0 Å². The van der Waals surface area contributed by atoms with Gasteiger partial charge in [-0.3, -0.25) is 9.59 Å². The molecule has 0 bridgehead atoms. The number of carbonyl (C=O) groups is 2. The van der Waals surface area contributed by atoms with Crippen LogP contribution in [-0.4, -0.2) is 102 Å². The Morgan fingerprint density at radius 3 is 1.63 bits per heavy atom. The maximum atomic E-state index is 12.7. The summed E-state index contributed by atoms with van der Waals surface area (Å²) < 4.78 is 63.6. The number of rotatable bonds is 16. The molecule has 0 aromatic heterocycles. The molecular weight excluding hydrogens is 850 g/mol. The van der Waals surface area contributed by atoms with Crippen LogP contribution in [0, 0.1) is 0 Å². The summed E-state index contributed by atoms with van der Waals surface area (Å²) in [4.78, 5) is 37.8. The molecule has 62 heavy (non-hydrogen) atoms. The highest BCUT2D eigenvalue weighted by Gasteiger charge is 2.28. The number of hydrogen-bond acceptors (Lipinski definition) is 13. The van der Waals surface area contributed by atoms with Gasteiger partial charge >= 0.3 is 6.18 Å². The van der Waals surface area contributed by atoms with Gasteiger partial charge in [-0.25, -0.2) is 29.2 Å². The molecule has 4 aliphatic rings. The minimum Gasteiger partial charge on any atom is -0.508 e. The van der Waals surface area contributed by atoms with E-state index in [4.69, 9.17) is 28.6 Å². The fourth-order valence-corrected chi connectivity index (χ4v) is 9.21. The number of ether oxygens (including phenoxy) is 4. The maximum absolute atomic E-state index is 12.7. The van der Waals surface area contributed by atoms with E-state index in [1.54, 1.807) is 48.3 Å². The number of amides is 2. The van der Waals surface area contributed by atoms with Crippen LogP contribution < -0.4 is 15.7 Å². The van der Waals surface area contributed by atoms with Crippen molar-refractivity contribution in [2.75, 3.05) is 46.0 Å². The van der Waals surface area contributed by atoms with Gasteiger partial charge in [-0.15, -0.1) is 0 Å². The van der Waals surface area contributed by atoms with E-state index in [1.165, 1.54) is 11.9 Å². The molecule has 0 spiro atoms. The van der Waals surface area contributed by atoms with Crippen LogP contribution in [0.1, 0.15) is 97.8 Å². The number of phenols is 1. The molecule has 0 saturated carbocycles. The van der Waals surface area contributed by atoms with Crippen molar-refractivity contribution in [3.05, 3.63) is 83.9 Å². The fraction of sp³-hybridized carbons (Fsp3) is 0.545. The Bertz CT molecular complexity index is 1800. The second-order valence-electron chi connectivity index (χ2n) is 15.3. The average Bonchev–Trinajstić information content (AvgIpc) is 3.29. The van der Waals surface area contributed by atoms with Gasteiger partial charge in [-0.05, 0) is 130 Å². The number of aromatic hydroxyl groups is 1. The SMILES string of the molecule is O=C(NOC1CCCCO1)c1ccccc1SN1CCC(OCCCC(F)(F)F)CC1.O=C(NOC1CCCCO1)c1ccccc1SN1CCC(Oc2ccc(O)cc2)CC1. The third-order valence-corrected chi connectivity index (χ3v) is 12.8. The van der Waals surface area contributed by atoms with Gasteiger partial charge in [0.05, 0.1) is 17.2 Å². The average molecular weight is 907 g/mol. The predicted molar refractivity (Wildman–Crippen MR) is 228 cm³/mol. The number of carbonyl (C=O) groups excluding carboxylic acids is 2. The maximum Gasteiger partial charge on any atom is 0.389 e. The Hall–Kier alpha value is -3.59. The molecule has 2 amide bonds. The van der Waals surface area contributed by atoms with E-state index < -0.39 is 18.9 Å². The largest absolute Gasteiger partial charge is 0.508 e. The molecule has 4 fully saturated rings. The number of halogens is 3. The van der Waals surface area contributed by atoms with Gasteiger partial charge < -0.3 is 24.1 Å². The van der Waals surface area contributed by atoms with E-state index >= 15 is 0 Å². The lowest BCUT2D eigenvalue weighted by molar-refractivity contribution is -0.186. The molecule has 18 heteroatoms. The lowest BCUT2D eigenvalue weighted by Gasteiger charge is -2.31. The van der Waals surface area contributed by atoms with Crippen LogP contribution in [0.25, 0.3) is 0 Å². The molecule has 2 unspecified atom stereocenters. The molecule has 2 atom stereocenters. The predicted octanol–water partition coefficient (Wildman–Crippen LogP) is 8.84. The number of nitrogens with zero attached hydrogens (tertiary/aromatic N) is 2. The second-order valence-corrected chi connectivity index (χ2v) is 17.6. The number of hydrogen-bond donors (Lipinski definition) is 3. The minimum absolute atomic E-state index is 0.00504. The van der Waals surface area contributed by atoms with Crippen molar-refractivity contribution >= 4 is 35.7 Å². The molecule has 4 aliphatic heterocycles. The van der Waals surface area contributed by atoms with E-state index in [0.717, 1.165) is 106 Å². The number of benzene rings is 3. The smallest absolute Gasteiger partial charge is 0.389 e. The summed E-state index contributed by atoms with van der Waals surface area (Å²) in [6.45, 7) is 4.61. The van der Waals surface area contributed by atoms with Gasteiger partial charge in [0.2, 0.25) is 0 Å².